The smallest absolute Gasteiger partial charge is 0.822 e. The van der Waals surface area contributed by atoms with E-state index in [1.54, 1.807) is 0 Å². The second-order valence-electron chi connectivity index (χ2n) is 2.21. The second-order valence-corrected chi connectivity index (χ2v) is 5.62. The third-order valence-corrected chi connectivity index (χ3v) is 2.68. The fraction of sp³-hybridized carbons (Fsp3) is 1.00. The molecule has 3 rings (SSSR count). The first-order valence-electron chi connectivity index (χ1n) is 3.01. The average molecular weight is 368 g/mol. The summed E-state index contributed by atoms with van der Waals surface area (Å²) in [6, 6.07) is 0. The molecule has 18 heavy (non-hydrogen) atoms. The molecular formula is CNaO12P3Ti. The SMILES string of the molecule is O=P([O-])([O-])OC12OP(=O)(O1)O2.O=P([O-])([O-])[O-].[Na+].[Ti+4]. The van der Waals surface area contributed by atoms with Crippen molar-refractivity contribution in [2.45, 2.75) is 6.16 Å². The normalized spacial score (nSPS) is 32.5. The second kappa shape index (κ2) is 6.87. The van der Waals surface area contributed by atoms with Gasteiger partial charge in [-0.2, -0.15) is 7.82 Å². The largest absolute Gasteiger partial charge is 4.00 e. The Labute approximate surface area is 136 Å². The Kier molecular flexibility index (Phi) is 8.52. The Bertz CT molecular complexity index is 386. The summed E-state index contributed by atoms with van der Waals surface area (Å²) < 4.78 is 44.7. The van der Waals surface area contributed by atoms with Gasteiger partial charge < -0.3 is 33.6 Å². The summed E-state index contributed by atoms with van der Waals surface area (Å²) in [5.41, 5.74) is 0. The minimum Gasteiger partial charge on any atom is -0.822 e. The van der Waals surface area contributed by atoms with Gasteiger partial charge in [0.05, 0.1) is 7.82 Å². The van der Waals surface area contributed by atoms with Gasteiger partial charge in [0, 0.05) is 0 Å². The quantitative estimate of drug-likeness (QED) is 0.329. The summed E-state index contributed by atoms with van der Waals surface area (Å²) in [7, 11) is -14.1. The summed E-state index contributed by atoms with van der Waals surface area (Å²) in [6.45, 7) is 0. The van der Waals surface area contributed by atoms with Crippen molar-refractivity contribution in [3.8, 4) is 0 Å². The fourth-order valence-corrected chi connectivity index (χ4v) is 2.15. The topological polar surface area (TPSA) is 203 Å². The molecule has 3 saturated heterocycles. The number of phosphoric acid groups is 3. The first-order valence-corrected chi connectivity index (χ1v) is 7.39. The maximum absolute atomic E-state index is 10.4. The van der Waals surface area contributed by atoms with Crippen molar-refractivity contribution >= 4 is 23.5 Å². The van der Waals surface area contributed by atoms with Gasteiger partial charge >= 0.3 is 65.3 Å². The van der Waals surface area contributed by atoms with E-state index >= 15 is 0 Å². The van der Waals surface area contributed by atoms with Gasteiger partial charge in [-0.25, -0.2) is 18.1 Å². The van der Waals surface area contributed by atoms with E-state index in [2.05, 4.69) is 18.1 Å². The first kappa shape index (κ1) is 22.3. The van der Waals surface area contributed by atoms with Crippen LogP contribution in [0.3, 0.4) is 0 Å². The molecule has 3 aliphatic heterocycles. The molecule has 0 amide bonds. The van der Waals surface area contributed by atoms with E-state index in [0.717, 1.165) is 0 Å². The maximum Gasteiger partial charge on any atom is 4.00 e. The molecule has 0 atom stereocenters. The Hall–Kier alpha value is 2.04. The van der Waals surface area contributed by atoms with Crippen LogP contribution in [0.4, 0.5) is 0 Å². The Morgan fingerprint density at radius 1 is 1.00 bits per heavy atom. The maximum atomic E-state index is 10.4. The molecule has 3 fully saturated rings. The Morgan fingerprint density at radius 3 is 1.44 bits per heavy atom. The van der Waals surface area contributed by atoms with Crippen LogP contribution in [0, 0.1) is 0 Å². The number of rotatable bonds is 2. The van der Waals surface area contributed by atoms with Crippen LogP contribution < -0.4 is 54.0 Å². The summed E-state index contributed by atoms with van der Waals surface area (Å²) in [5.74, 6) is 0. The zero-order valence-corrected chi connectivity index (χ0v) is 14.5. The minimum atomic E-state index is -5.39. The van der Waals surface area contributed by atoms with Gasteiger partial charge in [0.1, 0.15) is 0 Å². The molecule has 0 aromatic rings. The monoisotopic (exact) mass is 368 g/mol. The van der Waals surface area contributed by atoms with Crippen LogP contribution >= 0.6 is 23.5 Å². The molecule has 0 saturated carbocycles. The van der Waals surface area contributed by atoms with Crippen molar-refractivity contribution in [1.29, 1.82) is 0 Å². The third kappa shape index (κ3) is 7.73. The van der Waals surface area contributed by atoms with Gasteiger partial charge in [0.2, 0.25) is 0 Å². The van der Waals surface area contributed by atoms with E-state index in [1.807, 2.05) is 0 Å². The van der Waals surface area contributed by atoms with Gasteiger partial charge in [0.15, 0.2) is 0 Å². The molecule has 17 heteroatoms. The van der Waals surface area contributed by atoms with Crippen LogP contribution in [0.2, 0.25) is 0 Å². The van der Waals surface area contributed by atoms with E-state index in [0.29, 0.717) is 0 Å². The molecule has 96 valence electrons. The fourth-order valence-electron chi connectivity index (χ4n) is 0.618. The summed E-state index contributed by atoms with van der Waals surface area (Å²) in [6.07, 6.45) is -2.34. The standard InChI is InChI=1S/CH2O8P2.Na.H3O4P.Ti/c2-10(3,4)6-1-7-11(5,8-1)9-1;;1-5(2,3)4;/h(H2,2,3,4);;(H3,1,2,3,4);/q;+1;;+4/p-5. The zero-order valence-electron chi connectivity index (χ0n) is 8.24. The molecule has 3 heterocycles. The van der Waals surface area contributed by atoms with Gasteiger partial charge in [-0.1, -0.05) is 0 Å². The van der Waals surface area contributed by atoms with Gasteiger partial charge in [-0.05, 0) is 0 Å². The van der Waals surface area contributed by atoms with Crippen molar-refractivity contribution < 1.29 is 108 Å². The molecule has 12 nitrogen and oxygen atoms in total. The number of hydrogen-bond acceptors (Lipinski definition) is 12. The predicted molar refractivity (Wildman–Crippen MR) is 29.9 cm³/mol. The third-order valence-electron chi connectivity index (χ3n) is 0.894. The number of hydrogen-bond donors (Lipinski definition) is 0. The van der Waals surface area contributed by atoms with Crippen molar-refractivity contribution in [1.82, 2.24) is 0 Å². The summed E-state index contributed by atoms with van der Waals surface area (Å²) in [4.78, 5) is 45.4. The van der Waals surface area contributed by atoms with Crippen LogP contribution in [0.5, 0.6) is 0 Å². The van der Waals surface area contributed by atoms with Gasteiger partial charge in [0.25, 0.3) is 0 Å². The van der Waals surface area contributed by atoms with Gasteiger partial charge in [-0.3, -0.25) is 4.52 Å². The van der Waals surface area contributed by atoms with Crippen LogP contribution in [0.15, 0.2) is 0 Å². The molecule has 0 N–H and O–H groups in total. The molecule has 0 aliphatic carbocycles. The van der Waals surface area contributed by atoms with Crippen molar-refractivity contribution in [3.63, 3.8) is 0 Å². The molecule has 0 radical (unpaired) electrons. The first-order chi connectivity index (χ1) is 6.83. The summed E-state index contributed by atoms with van der Waals surface area (Å²) >= 11 is 0. The molecule has 3 aliphatic rings. The molecule has 0 aromatic carbocycles. The molecule has 2 bridgehead atoms. The summed E-state index contributed by atoms with van der Waals surface area (Å²) in [5, 5.41) is 0. The van der Waals surface area contributed by atoms with Crippen LogP contribution in [-0.2, 0) is 53.5 Å². The zero-order chi connectivity index (χ0) is 12.8. The van der Waals surface area contributed by atoms with E-state index in [4.69, 9.17) is 19.2 Å². The van der Waals surface area contributed by atoms with Crippen molar-refractivity contribution in [2.24, 2.45) is 0 Å². The Balaban J connectivity index is 0. The van der Waals surface area contributed by atoms with Crippen molar-refractivity contribution in [3.05, 3.63) is 0 Å². The van der Waals surface area contributed by atoms with E-state index < -0.39 is 29.6 Å². The molecule has 0 spiro atoms. The van der Waals surface area contributed by atoms with E-state index in [-0.39, 0.29) is 51.3 Å². The minimum absolute atomic E-state index is 0. The average Bonchev–Trinajstić information content (AvgIpc) is 1.72. The van der Waals surface area contributed by atoms with Crippen LogP contribution in [0.25, 0.3) is 0 Å². The van der Waals surface area contributed by atoms with E-state index in [9.17, 15) is 18.9 Å². The molecular weight excluding hydrogens is 368 g/mol. The molecule has 0 unspecified atom stereocenters. The van der Waals surface area contributed by atoms with E-state index in [1.165, 1.54) is 0 Å². The van der Waals surface area contributed by atoms with Crippen LogP contribution in [0.1, 0.15) is 0 Å². The van der Waals surface area contributed by atoms with Crippen molar-refractivity contribution in [2.75, 3.05) is 0 Å². The molecule has 0 aromatic heterocycles. The number of phosphoric ester groups is 2. The van der Waals surface area contributed by atoms with Crippen LogP contribution in [-0.4, -0.2) is 6.16 Å². The predicted octanol–water partition coefficient (Wildman–Crippen LogP) is -7.20. The van der Waals surface area contributed by atoms with Gasteiger partial charge in [-0.15, -0.1) is 0 Å². The Morgan fingerprint density at radius 2 is 1.28 bits per heavy atom.